The smallest absolute Gasteiger partial charge is 0.338 e. The Kier molecular flexibility index (Phi) is 5.02. The summed E-state index contributed by atoms with van der Waals surface area (Å²) in [6, 6.07) is 2.14. The van der Waals surface area contributed by atoms with Crippen LogP contribution in [-0.4, -0.2) is 17.1 Å². The van der Waals surface area contributed by atoms with E-state index in [1.54, 1.807) is 6.07 Å². The van der Waals surface area contributed by atoms with Gasteiger partial charge in [-0.3, -0.25) is 0 Å². The molecule has 1 aromatic heterocycles. The normalized spacial score (nSPS) is 23.4. The van der Waals surface area contributed by atoms with E-state index in [2.05, 4.69) is 12.2 Å². The average Bonchev–Trinajstić information content (AvgIpc) is 2.87. The number of rotatable bonds is 6. The summed E-state index contributed by atoms with van der Waals surface area (Å²) in [4.78, 5) is 10.7. The number of carboxylic acids is 1. The first kappa shape index (κ1) is 14.1. The van der Waals surface area contributed by atoms with Crippen molar-refractivity contribution in [3.63, 3.8) is 0 Å². The zero-order valence-electron chi connectivity index (χ0n) is 11.5. The second-order valence-electron chi connectivity index (χ2n) is 5.49. The van der Waals surface area contributed by atoms with Crippen molar-refractivity contribution >= 4 is 5.97 Å². The van der Waals surface area contributed by atoms with E-state index < -0.39 is 5.97 Å². The molecule has 1 heterocycles. The van der Waals surface area contributed by atoms with Gasteiger partial charge in [0.2, 0.25) is 0 Å². The second kappa shape index (κ2) is 6.75. The highest BCUT2D eigenvalue weighted by atomic mass is 16.4. The van der Waals surface area contributed by atoms with Crippen LogP contribution in [-0.2, 0) is 6.54 Å². The molecule has 2 rings (SSSR count). The molecule has 0 unspecified atom stereocenters. The van der Waals surface area contributed by atoms with E-state index in [0.717, 1.165) is 5.92 Å². The Bertz CT molecular complexity index is 405. The van der Waals surface area contributed by atoms with Crippen LogP contribution in [0.5, 0.6) is 0 Å². The van der Waals surface area contributed by atoms with Gasteiger partial charge in [-0.15, -0.1) is 0 Å². The molecule has 4 heteroatoms. The minimum absolute atomic E-state index is 0.225. The van der Waals surface area contributed by atoms with E-state index in [0.29, 0.717) is 18.3 Å². The highest BCUT2D eigenvalue weighted by Gasteiger charge is 2.20. The fourth-order valence-electron chi connectivity index (χ4n) is 2.89. The molecule has 0 radical (unpaired) electrons. The van der Waals surface area contributed by atoms with Gasteiger partial charge in [-0.05, 0) is 37.7 Å². The third-order valence-electron chi connectivity index (χ3n) is 4.01. The van der Waals surface area contributed by atoms with Crippen LogP contribution in [0, 0.1) is 5.92 Å². The number of furan rings is 1. The highest BCUT2D eigenvalue weighted by Crippen LogP contribution is 2.27. The van der Waals surface area contributed by atoms with Crippen molar-refractivity contribution in [2.75, 3.05) is 0 Å². The molecule has 1 saturated carbocycles. The molecule has 1 aromatic rings. The number of carboxylic acid groups (broad SMARTS) is 1. The Morgan fingerprint density at radius 2 is 2.16 bits per heavy atom. The molecule has 0 atom stereocenters. The maximum Gasteiger partial charge on any atom is 0.338 e. The van der Waals surface area contributed by atoms with Crippen LogP contribution in [0.15, 0.2) is 16.7 Å². The molecule has 106 valence electrons. The maximum atomic E-state index is 10.7. The molecular formula is C15H23NO3. The third kappa shape index (κ3) is 4.10. The Hall–Kier alpha value is -1.29. The first-order valence-electron chi connectivity index (χ1n) is 7.23. The molecule has 1 aliphatic carbocycles. The summed E-state index contributed by atoms with van der Waals surface area (Å²) < 4.78 is 5.23. The van der Waals surface area contributed by atoms with E-state index in [1.165, 1.54) is 44.8 Å². The Balaban J connectivity index is 1.72. The zero-order chi connectivity index (χ0) is 13.7. The summed E-state index contributed by atoms with van der Waals surface area (Å²) in [5.41, 5.74) is 0.225. The third-order valence-corrected chi connectivity index (χ3v) is 4.01. The largest absolute Gasteiger partial charge is 0.478 e. The monoisotopic (exact) mass is 265 g/mol. The number of hydrogen-bond donors (Lipinski definition) is 2. The topological polar surface area (TPSA) is 62.5 Å². The first-order chi connectivity index (χ1) is 9.19. The second-order valence-corrected chi connectivity index (χ2v) is 5.49. The fourth-order valence-corrected chi connectivity index (χ4v) is 2.89. The van der Waals surface area contributed by atoms with Gasteiger partial charge < -0.3 is 14.8 Å². The predicted octanol–water partition coefficient (Wildman–Crippen LogP) is 3.43. The maximum absolute atomic E-state index is 10.7. The van der Waals surface area contributed by atoms with Crippen molar-refractivity contribution in [3.05, 3.63) is 23.7 Å². The van der Waals surface area contributed by atoms with Crippen LogP contribution in [0.3, 0.4) is 0 Å². The van der Waals surface area contributed by atoms with E-state index in [4.69, 9.17) is 9.52 Å². The van der Waals surface area contributed by atoms with Crippen molar-refractivity contribution in [1.82, 2.24) is 5.32 Å². The van der Waals surface area contributed by atoms with Crippen molar-refractivity contribution in [1.29, 1.82) is 0 Å². The predicted molar refractivity (Wildman–Crippen MR) is 73.2 cm³/mol. The van der Waals surface area contributed by atoms with Gasteiger partial charge in [0.1, 0.15) is 12.0 Å². The van der Waals surface area contributed by atoms with Gasteiger partial charge in [-0.2, -0.15) is 0 Å². The van der Waals surface area contributed by atoms with Gasteiger partial charge in [0.15, 0.2) is 0 Å². The van der Waals surface area contributed by atoms with Crippen LogP contribution in [0.4, 0.5) is 0 Å². The summed E-state index contributed by atoms with van der Waals surface area (Å²) in [5, 5.41) is 12.3. The summed E-state index contributed by atoms with van der Waals surface area (Å²) in [7, 11) is 0. The van der Waals surface area contributed by atoms with E-state index >= 15 is 0 Å². The quantitative estimate of drug-likeness (QED) is 0.827. The van der Waals surface area contributed by atoms with Gasteiger partial charge in [0.25, 0.3) is 0 Å². The molecule has 0 aliphatic heterocycles. The van der Waals surface area contributed by atoms with Crippen LogP contribution in [0.1, 0.15) is 61.6 Å². The van der Waals surface area contributed by atoms with Gasteiger partial charge in [0, 0.05) is 6.04 Å². The molecular weight excluding hydrogens is 242 g/mol. The molecule has 1 fully saturated rings. The zero-order valence-corrected chi connectivity index (χ0v) is 11.5. The SMILES string of the molecule is CCCC1CCC(NCc2cc(C(=O)O)co2)CC1. The van der Waals surface area contributed by atoms with Gasteiger partial charge in [0.05, 0.1) is 12.1 Å². The molecule has 2 N–H and O–H groups in total. The summed E-state index contributed by atoms with van der Waals surface area (Å²) >= 11 is 0. The lowest BCUT2D eigenvalue weighted by molar-refractivity contribution is 0.0696. The number of carbonyl (C=O) groups is 1. The molecule has 0 spiro atoms. The first-order valence-corrected chi connectivity index (χ1v) is 7.23. The van der Waals surface area contributed by atoms with Crippen LogP contribution < -0.4 is 5.32 Å². The molecule has 0 amide bonds. The summed E-state index contributed by atoms with van der Waals surface area (Å²) in [5.74, 6) is 0.674. The Morgan fingerprint density at radius 3 is 2.74 bits per heavy atom. The lowest BCUT2D eigenvalue weighted by Gasteiger charge is -2.28. The van der Waals surface area contributed by atoms with Crippen LogP contribution in [0.2, 0.25) is 0 Å². The minimum Gasteiger partial charge on any atom is -0.478 e. The molecule has 0 bridgehead atoms. The number of hydrogen-bond acceptors (Lipinski definition) is 3. The van der Waals surface area contributed by atoms with Gasteiger partial charge >= 0.3 is 5.97 Å². The number of aromatic carboxylic acids is 1. The van der Waals surface area contributed by atoms with Crippen molar-refractivity contribution < 1.29 is 14.3 Å². The summed E-state index contributed by atoms with van der Waals surface area (Å²) in [6.07, 6.45) is 9.00. The van der Waals surface area contributed by atoms with Crippen molar-refractivity contribution in [2.45, 2.75) is 58.0 Å². The molecule has 1 aliphatic rings. The average molecular weight is 265 g/mol. The minimum atomic E-state index is -0.935. The Labute approximate surface area is 114 Å². The standard InChI is InChI=1S/C15H23NO3/c1-2-3-11-4-6-13(7-5-11)16-9-14-8-12(10-19-14)15(17)18/h8,10-11,13,16H,2-7,9H2,1H3,(H,17,18). The molecule has 0 aromatic carbocycles. The van der Waals surface area contributed by atoms with Crippen molar-refractivity contribution in [3.8, 4) is 0 Å². The lowest BCUT2D eigenvalue weighted by Crippen LogP contribution is -2.32. The highest BCUT2D eigenvalue weighted by molar-refractivity contribution is 5.87. The van der Waals surface area contributed by atoms with Gasteiger partial charge in [-0.25, -0.2) is 4.79 Å². The molecule has 0 saturated heterocycles. The van der Waals surface area contributed by atoms with E-state index in [9.17, 15) is 4.79 Å². The number of nitrogens with one attached hydrogen (secondary N) is 1. The Morgan fingerprint density at radius 1 is 1.42 bits per heavy atom. The van der Waals surface area contributed by atoms with E-state index in [1.807, 2.05) is 0 Å². The van der Waals surface area contributed by atoms with E-state index in [-0.39, 0.29) is 5.56 Å². The van der Waals surface area contributed by atoms with Gasteiger partial charge in [-0.1, -0.05) is 19.8 Å². The van der Waals surface area contributed by atoms with Crippen LogP contribution in [0.25, 0.3) is 0 Å². The lowest BCUT2D eigenvalue weighted by atomic mass is 9.83. The van der Waals surface area contributed by atoms with Crippen LogP contribution >= 0.6 is 0 Å². The molecule has 4 nitrogen and oxygen atoms in total. The molecule has 19 heavy (non-hydrogen) atoms. The summed E-state index contributed by atoms with van der Waals surface area (Å²) in [6.45, 7) is 2.87. The fraction of sp³-hybridized carbons (Fsp3) is 0.667. The van der Waals surface area contributed by atoms with Crippen molar-refractivity contribution in [2.24, 2.45) is 5.92 Å².